The Morgan fingerprint density at radius 3 is 2.80 bits per heavy atom. The van der Waals surface area contributed by atoms with Crippen molar-refractivity contribution in [2.75, 3.05) is 13.2 Å². The van der Waals surface area contributed by atoms with Crippen LogP contribution in [0.4, 0.5) is 10.1 Å². The molecule has 1 unspecified atom stereocenters. The topological polar surface area (TPSA) is 75.4 Å². The highest BCUT2D eigenvalue weighted by molar-refractivity contribution is 5.36. The molecule has 0 fully saturated rings. The number of nitro groups is 1. The van der Waals surface area contributed by atoms with E-state index in [1.807, 2.05) is 0 Å². The van der Waals surface area contributed by atoms with Crippen molar-refractivity contribution in [2.24, 2.45) is 5.92 Å². The van der Waals surface area contributed by atoms with Crippen molar-refractivity contribution in [2.45, 2.75) is 32.7 Å². The van der Waals surface area contributed by atoms with Gasteiger partial charge in [0.2, 0.25) is 5.82 Å². The number of rotatable bonds is 9. The summed E-state index contributed by atoms with van der Waals surface area (Å²) in [5.41, 5.74) is -0.205. The molecule has 0 amide bonds. The van der Waals surface area contributed by atoms with Gasteiger partial charge in [0.05, 0.1) is 4.92 Å². The van der Waals surface area contributed by atoms with E-state index < -0.39 is 16.4 Å². The molecule has 0 aliphatic heterocycles. The van der Waals surface area contributed by atoms with Gasteiger partial charge in [0.25, 0.3) is 0 Å². The van der Waals surface area contributed by atoms with Gasteiger partial charge in [-0.15, -0.1) is 0 Å². The molecule has 0 spiro atoms. The van der Waals surface area contributed by atoms with E-state index in [1.165, 1.54) is 12.1 Å². The molecule has 1 rings (SSSR count). The third-order valence-corrected chi connectivity index (χ3v) is 3.24. The predicted octanol–water partition coefficient (Wildman–Crippen LogP) is 2.62. The fraction of sp³-hybridized carbons (Fsp3) is 0.571. The SMILES string of the molecule is CCCC(CCO)CNCc1cccc([N+](=O)[O-])c1F. The molecule has 0 aliphatic carbocycles. The number of halogens is 1. The zero-order valence-corrected chi connectivity index (χ0v) is 11.6. The fourth-order valence-electron chi connectivity index (χ4n) is 2.19. The van der Waals surface area contributed by atoms with Crippen LogP contribution in [-0.4, -0.2) is 23.2 Å². The number of nitrogens with zero attached hydrogens (tertiary/aromatic N) is 1. The molecule has 0 aromatic heterocycles. The average molecular weight is 284 g/mol. The molecule has 2 N–H and O–H groups in total. The van der Waals surface area contributed by atoms with Gasteiger partial charge < -0.3 is 10.4 Å². The number of aliphatic hydroxyl groups is 1. The predicted molar refractivity (Wildman–Crippen MR) is 74.9 cm³/mol. The molecule has 0 saturated heterocycles. The lowest BCUT2D eigenvalue weighted by Gasteiger charge is -2.15. The third kappa shape index (κ3) is 4.86. The molecule has 0 bridgehead atoms. The number of hydrogen-bond acceptors (Lipinski definition) is 4. The monoisotopic (exact) mass is 284 g/mol. The number of benzene rings is 1. The van der Waals surface area contributed by atoms with Crippen molar-refractivity contribution in [3.63, 3.8) is 0 Å². The Balaban J connectivity index is 2.57. The lowest BCUT2D eigenvalue weighted by atomic mass is 10.00. The Kier molecular flexibility index (Phi) is 7.11. The van der Waals surface area contributed by atoms with Crippen LogP contribution in [0.2, 0.25) is 0 Å². The molecule has 1 aromatic carbocycles. The highest BCUT2D eigenvalue weighted by atomic mass is 19.1. The molecular formula is C14H21FN2O3. The molecule has 6 heteroatoms. The van der Waals surface area contributed by atoms with E-state index >= 15 is 0 Å². The van der Waals surface area contributed by atoms with Crippen molar-refractivity contribution < 1.29 is 14.4 Å². The Labute approximate surface area is 118 Å². The van der Waals surface area contributed by atoms with Gasteiger partial charge in [-0.05, 0) is 25.3 Å². The van der Waals surface area contributed by atoms with Crippen molar-refractivity contribution in [1.29, 1.82) is 0 Å². The first-order valence-corrected chi connectivity index (χ1v) is 6.83. The Hall–Kier alpha value is -1.53. The van der Waals surface area contributed by atoms with Gasteiger partial charge in [0, 0.05) is 24.8 Å². The molecule has 0 radical (unpaired) electrons. The Morgan fingerprint density at radius 1 is 1.45 bits per heavy atom. The lowest BCUT2D eigenvalue weighted by Crippen LogP contribution is -2.23. The van der Waals surface area contributed by atoms with Crippen LogP contribution in [0.5, 0.6) is 0 Å². The van der Waals surface area contributed by atoms with Crippen molar-refractivity contribution in [3.05, 3.63) is 39.7 Å². The zero-order chi connectivity index (χ0) is 15.0. The van der Waals surface area contributed by atoms with Crippen LogP contribution in [0.1, 0.15) is 31.7 Å². The number of nitro benzene ring substituents is 1. The van der Waals surface area contributed by atoms with Gasteiger partial charge in [-0.2, -0.15) is 4.39 Å². The quantitative estimate of drug-likeness (QED) is 0.540. The minimum atomic E-state index is -0.779. The van der Waals surface area contributed by atoms with Gasteiger partial charge in [-0.25, -0.2) is 0 Å². The van der Waals surface area contributed by atoms with E-state index in [0.29, 0.717) is 24.4 Å². The van der Waals surface area contributed by atoms with Crippen LogP contribution >= 0.6 is 0 Å². The first kappa shape index (κ1) is 16.5. The molecule has 0 saturated carbocycles. The number of aliphatic hydroxyl groups excluding tert-OH is 1. The summed E-state index contributed by atoms with van der Waals surface area (Å²) in [6.07, 6.45) is 2.72. The van der Waals surface area contributed by atoms with Crippen LogP contribution in [0, 0.1) is 21.8 Å². The van der Waals surface area contributed by atoms with Crippen molar-refractivity contribution in [1.82, 2.24) is 5.32 Å². The highest BCUT2D eigenvalue weighted by Gasteiger charge is 2.17. The maximum absolute atomic E-state index is 13.8. The zero-order valence-electron chi connectivity index (χ0n) is 11.6. The number of hydrogen-bond donors (Lipinski definition) is 2. The molecule has 0 heterocycles. The van der Waals surface area contributed by atoms with Crippen LogP contribution in [0.15, 0.2) is 18.2 Å². The summed E-state index contributed by atoms with van der Waals surface area (Å²) in [6, 6.07) is 4.18. The molecular weight excluding hydrogens is 263 g/mol. The van der Waals surface area contributed by atoms with E-state index in [1.54, 1.807) is 0 Å². The van der Waals surface area contributed by atoms with E-state index in [9.17, 15) is 14.5 Å². The van der Waals surface area contributed by atoms with Gasteiger partial charge in [-0.3, -0.25) is 10.1 Å². The molecule has 1 atom stereocenters. The van der Waals surface area contributed by atoms with E-state index in [2.05, 4.69) is 12.2 Å². The lowest BCUT2D eigenvalue weighted by molar-refractivity contribution is -0.387. The van der Waals surface area contributed by atoms with E-state index in [-0.39, 0.29) is 13.2 Å². The summed E-state index contributed by atoms with van der Waals surface area (Å²) in [5.74, 6) is -0.439. The summed E-state index contributed by atoms with van der Waals surface area (Å²) >= 11 is 0. The van der Waals surface area contributed by atoms with Gasteiger partial charge in [0.1, 0.15) is 0 Å². The second-order valence-electron chi connectivity index (χ2n) is 4.81. The van der Waals surface area contributed by atoms with Crippen LogP contribution in [0.3, 0.4) is 0 Å². The summed E-state index contributed by atoms with van der Waals surface area (Å²) in [4.78, 5) is 9.93. The maximum atomic E-state index is 13.8. The summed E-state index contributed by atoms with van der Waals surface area (Å²) < 4.78 is 13.8. The Bertz CT molecular complexity index is 434. The smallest absolute Gasteiger partial charge is 0.305 e. The first-order chi connectivity index (χ1) is 9.60. The normalized spacial score (nSPS) is 12.3. The Morgan fingerprint density at radius 2 is 2.20 bits per heavy atom. The standard InChI is InChI=1S/C14H21FN2O3/c1-2-4-11(7-8-18)9-16-10-12-5-3-6-13(14(12)15)17(19)20/h3,5-6,11,16,18H,2,4,7-10H2,1H3. The summed E-state index contributed by atoms with van der Waals surface area (Å²) in [6.45, 7) is 3.12. The third-order valence-electron chi connectivity index (χ3n) is 3.24. The highest BCUT2D eigenvalue weighted by Crippen LogP contribution is 2.20. The minimum absolute atomic E-state index is 0.136. The fourth-order valence-corrected chi connectivity index (χ4v) is 2.19. The number of nitrogens with one attached hydrogen (secondary N) is 1. The molecule has 20 heavy (non-hydrogen) atoms. The average Bonchev–Trinajstić information content (AvgIpc) is 2.41. The van der Waals surface area contributed by atoms with E-state index in [4.69, 9.17) is 5.11 Å². The van der Waals surface area contributed by atoms with Crippen molar-refractivity contribution in [3.8, 4) is 0 Å². The molecule has 5 nitrogen and oxygen atoms in total. The second kappa shape index (κ2) is 8.60. The molecule has 1 aromatic rings. The van der Waals surface area contributed by atoms with Gasteiger partial charge in [0.15, 0.2) is 0 Å². The largest absolute Gasteiger partial charge is 0.396 e. The van der Waals surface area contributed by atoms with Crippen molar-refractivity contribution >= 4 is 5.69 Å². The van der Waals surface area contributed by atoms with Crippen LogP contribution in [0.25, 0.3) is 0 Å². The minimum Gasteiger partial charge on any atom is -0.396 e. The van der Waals surface area contributed by atoms with Crippen LogP contribution in [-0.2, 0) is 6.54 Å². The van der Waals surface area contributed by atoms with Crippen LogP contribution < -0.4 is 5.32 Å². The van der Waals surface area contributed by atoms with Gasteiger partial charge in [-0.1, -0.05) is 25.5 Å². The van der Waals surface area contributed by atoms with E-state index in [0.717, 1.165) is 18.9 Å². The summed E-state index contributed by atoms with van der Waals surface area (Å²) in [5, 5.41) is 22.7. The second-order valence-corrected chi connectivity index (χ2v) is 4.81. The first-order valence-electron chi connectivity index (χ1n) is 6.83. The molecule has 112 valence electrons. The summed E-state index contributed by atoms with van der Waals surface area (Å²) in [7, 11) is 0. The molecule has 0 aliphatic rings. The van der Waals surface area contributed by atoms with Gasteiger partial charge >= 0.3 is 5.69 Å². The maximum Gasteiger partial charge on any atom is 0.305 e.